The molecule has 1 amide bonds. The van der Waals surface area contributed by atoms with Crippen molar-refractivity contribution in [3.63, 3.8) is 0 Å². The van der Waals surface area contributed by atoms with Crippen LogP contribution in [-0.2, 0) is 43.5 Å². The number of carbonyl (C=O) groups is 3. The van der Waals surface area contributed by atoms with Gasteiger partial charge in [0.1, 0.15) is 6.04 Å². The summed E-state index contributed by atoms with van der Waals surface area (Å²) in [5.74, 6) is -3.91. The van der Waals surface area contributed by atoms with Gasteiger partial charge < -0.3 is 19.9 Å². The number of carboxylic acids is 1. The second-order valence-corrected chi connectivity index (χ2v) is 11.5. The first-order valence-corrected chi connectivity index (χ1v) is 12.7. The van der Waals surface area contributed by atoms with E-state index in [0.29, 0.717) is 0 Å². The molecule has 32 heavy (non-hydrogen) atoms. The Morgan fingerprint density at radius 1 is 1.00 bits per heavy atom. The maximum atomic E-state index is 11.9. The van der Waals surface area contributed by atoms with Gasteiger partial charge in [-0.05, 0) is 18.3 Å². The lowest BCUT2D eigenvalue weighted by atomic mass is 9.86. The number of ether oxygens (including phenoxy) is 2. The van der Waals surface area contributed by atoms with Crippen molar-refractivity contribution in [2.75, 3.05) is 18.1 Å². The molecule has 2 atom stereocenters. The fourth-order valence-electron chi connectivity index (χ4n) is 2.19. The van der Waals surface area contributed by atoms with E-state index in [-0.39, 0.29) is 12.8 Å². The van der Waals surface area contributed by atoms with Gasteiger partial charge in [-0.2, -0.15) is 16.8 Å². The summed E-state index contributed by atoms with van der Waals surface area (Å²) in [6.45, 7) is 6.97. The van der Waals surface area contributed by atoms with Crippen LogP contribution < -0.4 is 5.32 Å². The fourth-order valence-corrected chi connectivity index (χ4v) is 3.99. The maximum Gasteiger partial charge on any atom is 0.410 e. The Bertz CT molecular complexity index is 864. The van der Waals surface area contributed by atoms with Gasteiger partial charge in [-0.3, -0.25) is 13.5 Å². The minimum absolute atomic E-state index is 0.252. The number of amides is 1. The van der Waals surface area contributed by atoms with Crippen molar-refractivity contribution in [2.45, 2.75) is 59.8 Å². The van der Waals surface area contributed by atoms with Crippen LogP contribution >= 0.6 is 0 Å². The molecular formula is C17H31NO12S2. The van der Waals surface area contributed by atoms with Crippen LogP contribution in [0.3, 0.4) is 0 Å². The van der Waals surface area contributed by atoms with Crippen LogP contribution in [0.5, 0.6) is 0 Å². The van der Waals surface area contributed by atoms with Crippen molar-refractivity contribution in [3.8, 4) is 0 Å². The number of nitrogens with one attached hydrogen (secondary N) is 1. The van der Waals surface area contributed by atoms with Crippen LogP contribution in [-0.4, -0.2) is 75.0 Å². The van der Waals surface area contributed by atoms with Gasteiger partial charge in [-0.1, -0.05) is 27.7 Å². The molecule has 13 nitrogen and oxygen atoms in total. The summed E-state index contributed by atoms with van der Waals surface area (Å²) in [7, 11) is -8.45. The smallest absolute Gasteiger partial charge is 0.410 e. The van der Waals surface area contributed by atoms with Crippen molar-refractivity contribution in [1.82, 2.24) is 5.32 Å². The van der Waals surface area contributed by atoms with E-state index in [1.165, 1.54) is 20.8 Å². The van der Waals surface area contributed by atoms with E-state index in [9.17, 15) is 36.3 Å². The van der Waals surface area contributed by atoms with Crippen molar-refractivity contribution in [3.05, 3.63) is 0 Å². The summed E-state index contributed by atoms with van der Waals surface area (Å²) in [6, 6.07) is -1.48. The summed E-state index contributed by atoms with van der Waals surface area (Å²) in [5.41, 5.74) is -1.05. The first kappa shape index (κ1) is 30.0. The van der Waals surface area contributed by atoms with Gasteiger partial charge in [0.15, 0.2) is 0 Å². The Morgan fingerprint density at radius 3 is 2.03 bits per heavy atom. The summed E-state index contributed by atoms with van der Waals surface area (Å²) in [4.78, 5) is 34.9. The van der Waals surface area contributed by atoms with E-state index in [2.05, 4.69) is 5.32 Å². The van der Waals surface area contributed by atoms with Crippen LogP contribution in [0.1, 0.15) is 47.5 Å². The van der Waals surface area contributed by atoms with Gasteiger partial charge in [0.2, 0.25) is 6.29 Å². The van der Waals surface area contributed by atoms with E-state index < -0.39 is 80.0 Å². The Hall–Kier alpha value is -1.97. The van der Waals surface area contributed by atoms with Crippen molar-refractivity contribution < 1.29 is 54.5 Å². The predicted octanol–water partition coefficient (Wildman–Crippen LogP) is 0.752. The topological polar surface area (TPSA) is 200 Å². The lowest BCUT2D eigenvalue weighted by Gasteiger charge is -2.28. The number of rotatable bonds is 14. The Labute approximate surface area is 187 Å². The van der Waals surface area contributed by atoms with Crippen molar-refractivity contribution in [1.29, 1.82) is 0 Å². The zero-order valence-corrected chi connectivity index (χ0v) is 20.2. The molecule has 15 heteroatoms. The van der Waals surface area contributed by atoms with Crippen LogP contribution in [0.25, 0.3) is 0 Å². The Balaban J connectivity index is 4.82. The first-order valence-electron chi connectivity index (χ1n) is 9.56. The standard InChI is InChI=1S/C17H31NO12S2/c1-11(2)15(21)29-12(3)30-16(22)18-13(14(19)20)9-17(4,5)10-28-32(26,27)8-6-7-31(23,24)25/h11-13H,6-10H2,1-5H3,(H,18,22)(H,19,20)(H,23,24,25)/t12?,13-/m1/s1. The van der Waals surface area contributed by atoms with Gasteiger partial charge in [0, 0.05) is 6.92 Å². The molecule has 0 fully saturated rings. The normalized spacial score (nSPS) is 14.5. The summed E-state index contributed by atoms with van der Waals surface area (Å²) >= 11 is 0. The number of esters is 1. The molecule has 0 aromatic rings. The average molecular weight is 506 g/mol. The quantitative estimate of drug-likeness (QED) is 0.130. The first-order chi connectivity index (χ1) is 14.3. The van der Waals surface area contributed by atoms with Crippen molar-refractivity contribution in [2.24, 2.45) is 11.3 Å². The molecule has 0 aliphatic heterocycles. The number of hydrogen-bond donors (Lipinski definition) is 3. The van der Waals surface area contributed by atoms with E-state index in [0.717, 1.165) is 0 Å². The Morgan fingerprint density at radius 2 is 1.56 bits per heavy atom. The zero-order chi connectivity index (χ0) is 25.3. The molecule has 0 aromatic heterocycles. The summed E-state index contributed by atoms with van der Waals surface area (Å²) < 4.78 is 68.1. The van der Waals surface area contributed by atoms with Crippen LogP contribution in [0.15, 0.2) is 0 Å². The molecule has 188 valence electrons. The molecule has 1 unspecified atom stereocenters. The highest BCUT2D eigenvalue weighted by molar-refractivity contribution is 7.87. The third-order valence-electron chi connectivity index (χ3n) is 3.80. The fraction of sp³-hybridized carbons (Fsp3) is 0.824. The summed E-state index contributed by atoms with van der Waals surface area (Å²) in [5, 5.41) is 11.5. The van der Waals surface area contributed by atoms with E-state index in [1.807, 2.05) is 0 Å². The minimum atomic E-state index is -4.31. The third-order valence-corrected chi connectivity index (χ3v) is 5.87. The molecular weight excluding hydrogens is 474 g/mol. The van der Waals surface area contributed by atoms with Crippen LogP contribution in [0, 0.1) is 11.3 Å². The van der Waals surface area contributed by atoms with Gasteiger partial charge in [-0.25, -0.2) is 9.59 Å². The molecule has 0 aromatic carbocycles. The maximum absolute atomic E-state index is 11.9. The molecule has 3 N–H and O–H groups in total. The highest BCUT2D eigenvalue weighted by atomic mass is 32.2. The molecule has 0 radical (unpaired) electrons. The average Bonchev–Trinajstić information content (AvgIpc) is 2.57. The molecule has 0 saturated heterocycles. The van der Waals surface area contributed by atoms with Crippen LogP contribution in [0.4, 0.5) is 4.79 Å². The van der Waals surface area contributed by atoms with Crippen molar-refractivity contribution >= 4 is 38.3 Å². The predicted molar refractivity (Wildman–Crippen MR) is 111 cm³/mol. The van der Waals surface area contributed by atoms with E-state index in [4.69, 9.17) is 18.2 Å². The molecule has 0 heterocycles. The number of carbonyl (C=O) groups excluding carboxylic acids is 2. The second-order valence-electron chi connectivity index (χ2n) is 8.13. The summed E-state index contributed by atoms with van der Waals surface area (Å²) in [6.07, 6.45) is -3.05. The third kappa shape index (κ3) is 14.2. The second kappa shape index (κ2) is 12.3. The monoisotopic (exact) mass is 505 g/mol. The van der Waals surface area contributed by atoms with Gasteiger partial charge in [0.25, 0.3) is 20.2 Å². The zero-order valence-electron chi connectivity index (χ0n) is 18.6. The number of alkyl carbamates (subject to hydrolysis) is 1. The van der Waals surface area contributed by atoms with Gasteiger partial charge >= 0.3 is 18.0 Å². The lowest BCUT2D eigenvalue weighted by Crippen LogP contribution is -2.45. The molecule has 0 rings (SSSR count). The highest BCUT2D eigenvalue weighted by Gasteiger charge is 2.32. The van der Waals surface area contributed by atoms with Gasteiger partial charge in [-0.15, -0.1) is 0 Å². The molecule has 0 bridgehead atoms. The number of carboxylic acid groups (broad SMARTS) is 1. The molecule has 0 spiro atoms. The Kier molecular flexibility index (Phi) is 11.6. The largest absolute Gasteiger partial charge is 0.480 e. The molecule has 0 aliphatic rings. The molecule has 0 aliphatic carbocycles. The highest BCUT2D eigenvalue weighted by Crippen LogP contribution is 2.24. The SMILES string of the molecule is CC(OC(=O)N[C@H](CC(C)(C)COS(=O)(=O)CCCS(=O)(=O)O)C(=O)O)OC(=O)C(C)C. The van der Waals surface area contributed by atoms with Crippen LogP contribution in [0.2, 0.25) is 0 Å². The minimum Gasteiger partial charge on any atom is -0.480 e. The number of aliphatic carboxylic acids is 1. The molecule has 0 saturated carbocycles. The van der Waals surface area contributed by atoms with E-state index in [1.54, 1.807) is 13.8 Å². The lowest BCUT2D eigenvalue weighted by molar-refractivity contribution is -0.169. The van der Waals surface area contributed by atoms with Gasteiger partial charge in [0.05, 0.1) is 24.0 Å². The number of hydrogen-bond acceptors (Lipinski definition) is 10. The van der Waals surface area contributed by atoms with E-state index >= 15 is 0 Å².